The summed E-state index contributed by atoms with van der Waals surface area (Å²) in [4.78, 5) is 27.0. The number of aryl methyl sites for hydroxylation is 5. The second-order valence-electron chi connectivity index (χ2n) is 12.7. The minimum atomic E-state index is 0.0605. The highest BCUT2D eigenvalue weighted by Gasteiger charge is 2.19. The fourth-order valence-corrected chi connectivity index (χ4v) is 6.59. The van der Waals surface area contributed by atoms with E-state index in [1.54, 1.807) is 0 Å². The maximum atomic E-state index is 13.5. The van der Waals surface area contributed by atoms with Crippen molar-refractivity contribution in [2.75, 3.05) is 0 Å². The van der Waals surface area contributed by atoms with Crippen LogP contribution in [-0.2, 0) is 0 Å². The van der Waals surface area contributed by atoms with Gasteiger partial charge in [0.1, 0.15) is 0 Å². The lowest BCUT2D eigenvalue weighted by molar-refractivity contribution is 0.102. The summed E-state index contributed by atoms with van der Waals surface area (Å²) in [5, 5.41) is 0. The lowest BCUT2D eigenvalue weighted by atomic mass is 9.88. The standard InChI is InChI=1S/C44H40O2/c1-27-11-7-9-13-39(27)43(45)41-25-35(17-15-29(41)3)37-21-19-33(23-31(37)5)34-20-22-38(32(6)24-34)36-18-16-30(4)42(26-36)44(46)40-14-10-8-12-28(40)2/h7,9,11-26H,8,10H2,1-6H3. The number of hydrogen-bond donors (Lipinski definition) is 0. The minimum absolute atomic E-state index is 0.0605. The number of hydrogen-bond acceptors (Lipinski definition) is 2. The van der Waals surface area contributed by atoms with Gasteiger partial charge in [-0.15, -0.1) is 0 Å². The van der Waals surface area contributed by atoms with Crippen molar-refractivity contribution in [3.8, 4) is 33.4 Å². The van der Waals surface area contributed by atoms with Crippen LogP contribution in [0.1, 0.15) is 73.9 Å². The van der Waals surface area contributed by atoms with Gasteiger partial charge in [0.25, 0.3) is 0 Å². The summed E-state index contributed by atoms with van der Waals surface area (Å²) < 4.78 is 0. The van der Waals surface area contributed by atoms with Gasteiger partial charge in [-0.05, 0) is 133 Å². The topological polar surface area (TPSA) is 34.1 Å². The average Bonchev–Trinajstić information content (AvgIpc) is 3.05. The highest BCUT2D eigenvalue weighted by molar-refractivity contribution is 6.13. The number of benzene rings is 5. The fourth-order valence-electron chi connectivity index (χ4n) is 6.59. The molecule has 0 unspecified atom stereocenters. The van der Waals surface area contributed by atoms with Gasteiger partial charge in [0.05, 0.1) is 0 Å². The van der Waals surface area contributed by atoms with E-state index in [1.165, 1.54) is 0 Å². The van der Waals surface area contributed by atoms with Crippen LogP contribution in [0.25, 0.3) is 33.4 Å². The Bertz CT molecular complexity index is 2090. The Morgan fingerprint density at radius 2 is 0.913 bits per heavy atom. The van der Waals surface area contributed by atoms with Crippen molar-refractivity contribution >= 4 is 11.6 Å². The Balaban J connectivity index is 1.28. The molecule has 0 radical (unpaired) electrons. The first-order valence-electron chi connectivity index (χ1n) is 16.1. The van der Waals surface area contributed by atoms with Crippen molar-refractivity contribution in [1.29, 1.82) is 0 Å². The summed E-state index contributed by atoms with van der Waals surface area (Å²) in [6.45, 7) is 12.3. The molecule has 1 aliphatic rings. The molecule has 46 heavy (non-hydrogen) atoms. The second kappa shape index (κ2) is 12.7. The molecule has 0 aliphatic heterocycles. The Kier molecular flexibility index (Phi) is 8.56. The van der Waals surface area contributed by atoms with Crippen molar-refractivity contribution in [3.05, 3.63) is 165 Å². The third-order valence-corrected chi connectivity index (χ3v) is 9.40. The molecule has 2 nitrogen and oxygen atoms in total. The molecule has 0 atom stereocenters. The smallest absolute Gasteiger partial charge is 0.193 e. The van der Waals surface area contributed by atoms with Crippen LogP contribution in [0.15, 0.2) is 120 Å². The summed E-state index contributed by atoms with van der Waals surface area (Å²) >= 11 is 0. The summed E-state index contributed by atoms with van der Waals surface area (Å²) in [6, 6.07) is 33.3. The highest BCUT2D eigenvalue weighted by Crippen LogP contribution is 2.34. The molecule has 0 saturated heterocycles. The van der Waals surface area contributed by atoms with Crippen LogP contribution in [-0.4, -0.2) is 11.6 Å². The fraction of sp³-hybridized carbons (Fsp3) is 0.182. The number of carbonyl (C=O) groups is 2. The molecule has 2 heteroatoms. The third kappa shape index (κ3) is 5.96. The van der Waals surface area contributed by atoms with E-state index in [2.05, 4.69) is 86.7 Å². The Labute approximate surface area is 273 Å². The van der Waals surface area contributed by atoms with Gasteiger partial charge in [-0.1, -0.05) is 97.1 Å². The van der Waals surface area contributed by atoms with Gasteiger partial charge in [0.2, 0.25) is 0 Å². The van der Waals surface area contributed by atoms with E-state index < -0.39 is 0 Å². The zero-order chi connectivity index (χ0) is 32.5. The quantitative estimate of drug-likeness (QED) is 0.174. The van der Waals surface area contributed by atoms with Crippen molar-refractivity contribution in [3.63, 3.8) is 0 Å². The SMILES string of the molecule is CC1=CCCC=C1C(=O)c1cc(-c2ccc(-c3ccc(-c4ccc(C)c(C(=O)c5ccccc5C)c4)c(C)c3)cc2C)ccc1C. The van der Waals surface area contributed by atoms with Crippen molar-refractivity contribution in [1.82, 2.24) is 0 Å². The third-order valence-electron chi connectivity index (χ3n) is 9.40. The van der Waals surface area contributed by atoms with Crippen LogP contribution in [0.3, 0.4) is 0 Å². The van der Waals surface area contributed by atoms with E-state index in [0.29, 0.717) is 0 Å². The summed E-state index contributed by atoms with van der Waals surface area (Å²) in [7, 11) is 0. The van der Waals surface area contributed by atoms with Gasteiger partial charge in [-0.2, -0.15) is 0 Å². The minimum Gasteiger partial charge on any atom is -0.289 e. The first-order valence-corrected chi connectivity index (χ1v) is 16.1. The number of allylic oxidation sites excluding steroid dienone is 4. The Hall–Kier alpha value is -5.08. The van der Waals surface area contributed by atoms with Crippen LogP contribution in [0.4, 0.5) is 0 Å². The normalized spacial score (nSPS) is 12.8. The molecule has 1 aliphatic carbocycles. The van der Waals surface area contributed by atoms with E-state index >= 15 is 0 Å². The predicted molar refractivity (Wildman–Crippen MR) is 192 cm³/mol. The molecule has 0 spiro atoms. The monoisotopic (exact) mass is 600 g/mol. The molecule has 0 heterocycles. The van der Waals surface area contributed by atoms with Crippen molar-refractivity contribution in [2.45, 2.75) is 54.4 Å². The largest absolute Gasteiger partial charge is 0.289 e. The van der Waals surface area contributed by atoms with Crippen LogP contribution in [0.5, 0.6) is 0 Å². The van der Waals surface area contributed by atoms with E-state index in [1.807, 2.05) is 64.1 Å². The first kappa shape index (κ1) is 30.9. The maximum absolute atomic E-state index is 13.5. The zero-order valence-electron chi connectivity index (χ0n) is 27.6. The summed E-state index contributed by atoms with van der Waals surface area (Å²) in [5.74, 6) is 0.170. The number of carbonyl (C=O) groups excluding carboxylic acids is 2. The lowest BCUT2D eigenvalue weighted by Crippen LogP contribution is -2.09. The van der Waals surface area contributed by atoms with Gasteiger partial charge >= 0.3 is 0 Å². The second-order valence-corrected chi connectivity index (χ2v) is 12.7. The Morgan fingerprint density at radius 3 is 1.43 bits per heavy atom. The predicted octanol–water partition coefficient (Wildman–Crippen LogP) is 11.3. The molecular formula is C44H40O2. The van der Waals surface area contributed by atoms with Gasteiger partial charge < -0.3 is 0 Å². The summed E-state index contributed by atoms with van der Waals surface area (Å²) in [6.07, 6.45) is 6.16. The van der Waals surface area contributed by atoms with Crippen LogP contribution < -0.4 is 0 Å². The molecule has 0 saturated carbocycles. The average molecular weight is 601 g/mol. The van der Waals surface area contributed by atoms with Gasteiger partial charge in [0.15, 0.2) is 11.6 Å². The number of rotatable bonds is 7. The molecule has 6 rings (SSSR count). The van der Waals surface area contributed by atoms with E-state index in [4.69, 9.17) is 0 Å². The zero-order valence-corrected chi connectivity index (χ0v) is 27.6. The van der Waals surface area contributed by atoms with Crippen molar-refractivity contribution in [2.24, 2.45) is 0 Å². The maximum Gasteiger partial charge on any atom is 0.193 e. The van der Waals surface area contributed by atoms with Gasteiger partial charge in [-0.3, -0.25) is 9.59 Å². The molecule has 5 aromatic carbocycles. The van der Waals surface area contributed by atoms with E-state index in [9.17, 15) is 9.59 Å². The van der Waals surface area contributed by atoms with Crippen molar-refractivity contribution < 1.29 is 9.59 Å². The van der Waals surface area contributed by atoms with Crippen LogP contribution in [0, 0.1) is 34.6 Å². The molecule has 228 valence electrons. The first-order chi connectivity index (χ1) is 22.1. The number of Topliss-reactive ketones (excluding diaryl/α,β-unsaturated/α-hetero) is 1. The van der Waals surface area contributed by atoms with Gasteiger partial charge in [-0.25, -0.2) is 0 Å². The molecule has 0 amide bonds. The molecule has 5 aromatic rings. The Morgan fingerprint density at radius 1 is 0.435 bits per heavy atom. The molecule has 0 aromatic heterocycles. The highest BCUT2D eigenvalue weighted by atomic mass is 16.1. The van der Waals surface area contributed by atoms with E-state index in [-0.39, 0.29) is 11.6 Å². The molecule has 0 fully saturated rings. The van der Waals surface area contributed by atoms with E-state index in [0.717, 1.165) is 102 Å². The van der Waals surface area contributed by atoms with Crippen LogP contribution >= 0.6 is 0 Å². The molecular weight excluding hydrogens is 560 g/mol. The molecule has 0 bridgehead atoms. The lowest BCUT2D eigenvalue weighted by Gasteiger charge is -2.16. The van der Waals surface area contributed by atoms with Gasteiger partial charge in [0, 0.05) is 22.3 Å². The summed E-state index contributed by atoms with van der Waals surface area (Å²) in [5.41, 5.74) is 16.1. The molecule has 0 N–H and O–H groups in total. The van der Waals surface area contributed by atoms with Crippen LogP contribution in [0.2, 0.25) is 0 Å². The number of ketones is 2.